The Labute approximate surface area is 95.2 Å². The molecule has 8 heteroatoms. The van der Waals surface area contributed by atoms with Crippen LogP contribution in [0.4, 0.5) is 0 Å². The highest BCUT2D eigenvalue weighted by Gasteiger charge is 2.38. The lowest BCUT2D eigenvalue weighted by Crippen LogP contribution is -2.47. The number of aromatic amines is 1. The number of aromatic nitrogens is 5. The molecular weight excluding hydrogens is 230 g/mol. The second-order valence-electron chi connectivity index (χ2n) is 3.94. The monoisotopic (exact) mass is 241 g/mol. The molecule has 2 aromatic heterocycles. The van der Waals surface area contributed by atoms with Crippen molar-refractivity contribution in [2.75, 3.05) is 25.6 Å². The van der Waals surface area contributed by atoms with Crippen molar-refractivity contribution in [3.63, 3.8) is 0 Å². The van der Waals surface area contributed by atoms with Crippen LogP contribution < -0.4 is 0 Å². The summed E-state index contributed by atoms with van der Waals surface area (Å²) in [7, 11) is 0. The van der Waals surface area contributed by atoms with E-state index in [0.29, 0.717) is 19.0 Å². The van der Waals surface area contributed by atoms with E-state index in [1.165, 1.54) is 0 Å². The van der Waals surface area contributed by atoms with Gasteiger partial charge in [-0.2, -0.15) is 9.50 Å². The molecule has 1 aliphatic heterocycles. The first kappa shape index (κ1) is 10.1. The Morgan fingerprint density at radius 2 is 2.44 bits per heavy atom. The van der Waals surface area contributed by atoms with Crippen LogP contribution in [0.1, 0.15) is 0 Å². The average molecular weight is 241 g/mol. The standard InChI is InChI=1S/C8H11N5O2S/c14-1-8(2-15-3-8)4-16-7-12-11-6-9-5-10-13(6)7/h5,14H,1-4H2,(H,9,10,11). The van der Waals surface area contributed by atoms with E-state index in [4.69, 9.17) is 4.74 Å². The molecule has 7 nitrogen and oxygen atoms in total. The molecule has 86 valence electrons. The Morgan fingerprint density at radius 3 is 3.12 bits per heavy atom. The number of H-pyrrole nitrogens is 1. The first-order chi connectivity index (χ1) is 7.83. The quantitative estimate of drug-likeness (QED) is 0.705. The van der Waals surface area contributed by atoms with Gasteiger partial charge in [-0.05, 0) is 0 Å². The van der Waals surface area contributed by atoms with Crippen molar-refractivity contribution in [2.45, 2.75) is 5.16 Å². The molecule has 1 aliphatic rings. The molecule has 0 radical (unpaired) electrons. The third kappa shape index (κ3) is 1.49. The van der Waals surface area contributed by atoms with Crippen LogP contribution in [0.2, 0.25) is 0 Å². The van der Waals surface area contributed by atoms with Gasteiger partial charge in [0.15, 0.2) is 0 Å². The third-order valence-electron chi connectivity index (χ3n) is 2.64. The molecule has 0 aromatic carbocycles. The van der Waals surface area contributed by atoms with Crippen LogP contribution >= 0.6 is 11.8 Å². The highest BCUT2D eigenvalue weighted by molar-refractivity contribution is 7.99. The maximum absolute atomic E-state index is 9.28. The second-order valence-corrected chi connectivity index (χ2v) is 4.89. The van der Waals surface area contributed by atoms with Gasteiger partial charge in [0.05, 0.1) is 19.8 Å². The van der Waals surface area contributed by atoms with Gasteiger partial charge in [0, 0.05) is 11.2 Å². The predicted molar refractivity (Wildman–Crippen MR) is 56.2 cm³/mol. The zero-order valence-electron chi connectivity index (χ0n) is 8.46. The Kier molecular flexibility index (Phi) is 2.34. The summed E-state index contributed by atoms with van der Waals surface area (Å²) < 4.78 is 6.85. The van der Waals surface area contributed by atoms with Gasteiger partial charge in [0.25, 0.3) is 5.78 Å². The van der Waals surface area contributed by atoms with E-state index in [2.05, 4.69) is 20.3 Å². The molecule has 16 heavy (non-hydrogen) atoms. The fraction of sp³-hybridized carbons (Fsp3) is 0.625. The number of aliphatic hydroxyl groups is 1. The number of hydrogen-bond acceptors (Lipinski definition) is 6. The molecule has 0 unspecified atom stereocenters. The Hall–Kier alpha value is -1.12. The number of hydrogen-bond donors (Lipinski definition) is 2. The molecule has 0 bridgehead atoms. The van der Waals surface area contributed by atoms with Crippen molar-refractivity contribution in [3.8, 4) is 0 Å². The molecule has 0 saturated carbocycles. The number of ether oxygens (including phenoxy) is 1. The van der Waals surface area contributed by atoms with Crippen molar-refractivity contribution in [2.24, 2.45) is 5.41 Å². The van der Waals surface area contributed by atoms with Gasteiger partial charge in [-0.1, -0.05) is 11.8 Å². The van der Waals surface area contributed by atoms with Crippen LogP contribution in [0.3, 0.4) is 0 Å². The van der Waals surface area contributed by atoms with Crippen molar-refractivity contribution in [1.82, 2.24) is 24.8 Å². The minimum atomic E-state index is -0.115. The highest BCUT2D eigenvalue weighted by atomic mass is 32.2. The SMILES string of the molecule is OCC1(CSc2nnc3nc[nH]n23)COC1. The summed E-state index contributed by atoms with van der Waals surface area (Å²) in [6.07, 6.45) is 1.57. The van der Waals surface area contributed by atoms with E-state index in [1.54, 1.807) is 22.6 Å². The summed E-state index contributed by atoms with van der Waals surface area (Å²) in [6.45, 7) is 1.37. The van der Waals surface area contributed by atoms with E-state index >= 15 is 0 Å². The van der Waals surface area contributed by atoms with Crippen molar-refractivity contribution >= 4 is 17.5 Å². The number of nitrogens with zero attached hydrogens (tertiary/aromatic N) is 4. The fourth-order valence-corrected chi connectivity index (χ4v) is 2.58. The lowest BCUT2D eigenvalue weighted by Gasteiger charge is -2.39. The molecule has 0 amide bonds. The molecule has 2 aromatic rings. The highest BCUT2D eigenvalue weighted by Crippen LogP contribution is 2.33. The van der Waals surface area contributed by atoms with Crippen molar-refractivity contribution < 1.29 is 9.84 Å². The summed E-state index contributed by atoms with van der Waals surface area (Å²) >= 11 is 1.55. The van der Waals surface area contributed by atoms with Gasteiger partial charge in [-0.15, -0.1) is 10.2 Å². The molecular formula is C8H11N5O2S. The van der Waals surface area contributed by atoms with Gasteiger partial charge in [-0.25, -0.2) is 0 Å². The topological polar surface area (TPSA) is 88.3 Å². The van der Waals surface area contributed by atoms with Gasteiger partial charge in [-0.3, -0.25) is 5.10 Å². The molecule has 2 N–H and O–H groups in total. The molecule has 0 aliphatic carbocycles. The Bertz CT molecular complexity index is 486. The van der Waals surface area contributed by atoms with Gasteiger partial charge in [0.1, 0.15) is 6.33 Å². The van der Waals surface area contributed by atoms with Crippen molar-refractivity contribution in [1.29, 1.82) is 0 Å². The smallest absolute Gasteiger partial charge is 0.272 e. The summed E-state index contributed by atoms with van der Waals surface area (Å²) in [4.78, 5) is 3.98. The predicted octanol–water partition coefficient (Wildman–Crippen LogP) is -0.447. The maximum Gasteiger partial charge on any atom is 0.272 e. The first-order valence-electron chi connectivity index (χ1n) is 4.89. The van der Waals surface area contributed by atoms with Gasteiger partial charge >= 0.3 is 0 Å². The molecule has 3 heterocycles. The summed E-state index contributed by atoms with van der Waals surface area (Å²) in [5.74, 6) is 1.33. The Balaban J connectivity index is 1.73. The van der Waals surface area contributed by atoms with E-state index in [-0.39, 0.29) is 12.0 Å². The first-order valence-corrected chi connectivity index (χ1v) is 5.87. The van der Waals surface area contributed by atoms with E-state index in [0.717, 1.165) is 10.9 Å². The van der Waals surface area contributed by atoms with Crippen molar-refractivity contribution in [3.05, 3.63) is 6.33 Å². The van der Waals surface area contributed by atoms with Crippen LogP contribution in [-0.2, 0) is 4.74 Å². The number of fused-ring (bicyclic) bond motifs is 1. The number of thioether (sulfide) groups is 1. The molecule has 1 saturated heterocycles. The van der Waals surface area contributed by atoms with Crippen LogP contribution in [0, 0.1) is 5.41 Å². The van der Waals surface area contributed by atoms with Crippen LogP contribution in [0.25, 0.3) is 5.78 Å². The zero-order chi connectivity index (χ0) is 11.0. The van der Waals surface area contributed by atoms with E-state index in [1.807, 2.05) is 0 Å². The van der Waals surface area contributed by atoms with E-state index in [9.17, 15) is 5.11 Å². The third-order valence-corrected chi connectivity index (χ3v) is 3.92. The minimum Gasteiger partial charge on any atom is -0.396 e. The summed E-state index contributed by atoms with van der Waals surface area (Å²) in [6, 6.07) is 0. The van der Waals surface area contributed by atoms with Gasteiger partial charge in [0.2, 0.25) is 5.16 Å². The summed E-state index contributed by atoms with van der Waals surface area (Å²) in [5, 5.41) is 20.9. The van der Waals surface area contributed by atoms with E-state index < -0.39 is 0 Å². The minimum absolute atomic E-state index is 0.115. The molecule has 0 atom stereocenters. The molecule has 3 rings (SSSR count). The molecule has 0 spiro atoms. The largest absolute Gasteiger partial charge is 0.396 e. The number of rotatable bonds is 4. The lowest BCUT2D eigenvalue weighted by atomic mass is 9.90. The van der Waals surface area contributed by atoms with Gasteiger partial charge < -0.3 is 9.84 Å². The van der Waals surface area contributed by atoms with Crippen LogP contribution in [-0.4, -0.2) is 55.5 Å². The maximum atomic E-state index is 9.28. The van der Waals surface area contributed by atoms with Crippen LogP contribution in [0.5, 0.6) is 0 Å². The number of aliphatic hydroxyl groups excluding tert-OH is 1. The van der Waals surface area contributed by atoms with Crippen LogP contribution in [0.15, 0.2) is 11.5 Å². The normalized spacial score (nSPS) is 18.8. The lowest BCUT2D eigenvalue weighted by molar-refractivity contribution is -0.121. The molecule has 1 fully saturated rings. The fourth-order valence-electron chi connectivity index (χ4n) is 1.53. The zero-order valence-corrected chi connectivity index (χ0v) is 9.27. The Morgan fingerprint density at radius 1 is 1.56 bits per heavy atom. The number of nitrogens with one attached hydrogen (secondary N) is 1. The summed E-state index contributed by atoms with van der Waals surface area (Å²) in [5.41, 5.74) is -0.115. The average Bonchev–Trinajstić information content (AvgIpc) is 2.80. The second kappa shape index (κ2) is 3.72.